The van der Waals surface area contributed by atoms with Crippen LogP contribution in [-0.2, 0) is 0 Å². The molecule has 13 heavy (non-hydrogen) atoms. The summed E-state index contributed by atoms with van der Waals surface area (Å²) >= 11 is 0. The molecule has 1 fully saturated rings. The Bertz CT molecular complexity index is 226. The number of hydrogen-bond donors (Lipinski definition) is 1. The zero-order valence-corrected chi connectivity index (χ0v) is 7.82. The van der Waals surface area contributed by atoms with Crippen LogP contribution in [-0.4, -0.2) is 21.4 Å². The van der Waals surface area contributed by atoms with Crippen LogP contribution in [0.1, 0.15) is 32.1 Å². The molecule has 72 valence electrons. The molecule has 1 saturated carbocycles. The highest BCUT2D eigenvalue weighted by atomic mass is 15.5. The summed E-state index contributed by atoms with van der Waals surface area (Å²) < 4.78 is 1.83. The third-order valence-corrected chi connectivity index (χ3v) is 2.71. The van der Waals surface area contributed by atoms with Crippen molar-refractivity contribution in [3.05, 3.63) is 12.7 Å². The number of rotatable bonds is 3. The molecule has 1 heterocycles. The van der Waals surface area contributed by atoms with Crippen LogP contribution in [0.25, 0.3) is 0 Å². The molecule has 1 aromatic rings. The summed E-state index contributed by atoms with van der Waals surface area (Å²) in [6, 6.07) is 0. The van der Waals surface area contributed by atoms with Crippen molar-refractivity contribution in [1.82, 2.24) is 14.9 Å². The largest absolute Gasteiger partial charge is 0.323 e. The first-order valence-electron chi connectivity index (χ1n) is 5.03. The molecule has 2 rings (SSSR count). The lowest BCUT2D eigenvalue weighted by molar-refractivity contribution is 0.366. The van der Waals surface area contributed by atoms with Gasteiger partial charge in [-0.25, -0.2) is 4.68 Å². The second-order valence-electron chi connectivity index (χ2n) is 3.74. The predicted molar refractivity (Wildman–Crippen MR) is 50.8 cm³/mol. The van der Waals surface area contributed by atoms with Gasteiger partial charge in [-0.15, -0.1) is 10.2 Å². The lowest BCUT2D eigenvalue weighted by atomic mass is 9.89. The minimum Gasteiger partial charge on any atom is -0.323 e. The molecular weight excluding hydrogens is 164 g/mol. The lowest BCUT2D eigenvalue weighted by Crippen LogP contribution is -2.23. The summed E-state index contributed by atoms with van der Waals surface area (Å²) in [5, 5.41) is 7.47. The first-order chi connectivity index (χ1) is 6.45. The Labute approximate surface area is 78.3 Å². The maximum Gasteiger partial charge on any atom is 0.138 e. The summed E-state index contributed by atoms with van der Waals surface area (Å²) in [5.41, 5.74) is 3.29. The van der Waals surface area contributed by atoms with E-state index in [4.69, 9.17) is 0 Å². The molecule has 4 heteroatoms. The van der Waals surface area contributed by atoms with Crippen LogP contribution in [0.5, 0.6) is 0 Å². The van der Waals surface area contributed by atoms with Gasteiger partial charge in [-0.3, -0.25) is 0 Å². The van der Waals surface area contributed by atoms with E-state index < -0.39 is 0 Å². The molecule has 0 spiro atoms. The quantitative estimate of drug-likeness (QED) is 0.764. The summed E-state index contributed by atoms with van der Waals surface area (Å²) in [6.45, 7) is 1.05. The van der Waals surface area contributed by atoms with Crippen LogP contribution in [0.15, 0.2) is 12.7 Å². The Kier molecular flexibility index (Phi) is 2.79. The third kappa shape index (κ3) is 2.44. The SMILES string of the molecule is c1nncn1NCC1CCCCC1. The fourth-order valence-electron chi connectivity index (χ4n) is 1.91. The predicted octanol–water partition coefficient (Wildman–Crippen LogP) is 1.40. The summed E-state index contributed by atoms with van der Waals surface area (Å²) in [5.74, 6) is 0.844. The standard InChI is InChI=1S/C9H16N4/c1-2-4-9(5-3-1)6-12-13-7-10-11-8-13/h7-9,12H,1-6H2. The maximum atomic E-state index is 3.74. The fraction of sp³-hybridized carbons (Fsp3) is 0.778. The van der Waals surface area contributed by atoms with Crippen molar-refractivity contribution < 1.29 is 0 Å². The molecule has 1 aliphatic carbocycles. The Morgan fingerprint density at radius 1 is 1.15 bits per heavy atom. The number of hydrogen-bond acceptors (Lipinski definition) is 3. The van der Waals surface area contributed by atoms with Crippen LogP contribution in [0.2, 0.25) is 0 Å². The van der Waals surface area contributed by atoms with Crippen molar-refractivity contribution in [2.75, 3.05) is 12.0 Å². The van der Waals surface area contributed by atoms with Crippen molar-refractivity contribution in [2.24, 2.45) is 5.92 Å². The zero-order valence-electron chi connectivity index (χ0n) is 7.82. The van der Waals surface area contributed by atoms with Gasteiger partial charge >= 0.3 is 0 Å². The van der Waals surface area contributed by atoms with Gasteiger partial charge in [0.1, 0.15) is 12.7 Å². The monoisotopic (exact) mass is 180 g/mol. The molecule has 0 aliphatic heterocycles. The zero-order chi connectivity index (χ0) is 8.93. The Hall–Kier alpha value is -1.06. The first-order valence-corrected chi connectivity index (χ1v) is 5.03. The highest BCUT2D eigenvalue weighted by Gasteiger charge is 2.12. The average molecular weight is 180 g/mol. The second kappa shape index (κ2) is 4.25. The van der Waals surface area contributed by atoms with E-state index in [1.807, 2.05) is 4.68 Å². The number of aromatic nitrogens is 3. The first kappa shape index (κ1) is 8.53. The molecule has 1 aromatic heterocycles. The van der Waals surface area contributed by atoms with Gasteiger partial charge in [0, 0.05) is 6.54 Å². The van der Waals surface area contributed by atoms with Gasteiger partial charge in [-0.1, -0.05) is 19.3 Å². The molecule has 0 aromatic carbocycles. The fourth-order valence-corrected chi connectivity index (χ4v) is 1.91. The highest BCUT2D eigenvalue weighted by molar-refractivity contribution is 4.77. The van der Waals surface area contributed by atoms with Gasteiger partial charge < -0.3 is 5.43 Å². The molecule has 1 aliphatic rings. The maximum absolute atomic E-state index is 3.74. The molecule has 4 nitrogen and oxygen atoms in total. The molecule has 0 saturated heterocycles. The van der Waals surface area contributed by atoms with E-state index in [1.165, 1.54) is 32.1 Å². The van der Waals surface area contributed by atoms with Gasteiger partial charge in [0.15, 0.2) is 0 Å². The average Bonchev–Trinajstić information content (AvgIpc) is 2.69. The van der Waals surface area contributed by atoms with E-state index in [-0.39, 0.29) is 0 Å². The van der Waals surface area contributed by atoms with Crippen molar-refractivity contribution in [3.8, 4) is 0 Å². The Morgan fingerprint density at radius 3 is 2.54 bits per heavy atom. The summed E-state index contributed by atoms with van der Waals surface area (Å²) in [4.78, 5) is 0. The van der Waals surface area contributed by atoms with Gasteiger partial charge in [-0.2, -0.15) is 0 Å². The van der Waals surface area contributed by atoms with E-state index in [9.17, 15) is 0 Å². The highest BCUT2D eigenvalue weighted by Crippen LogP contribution is 2.22. The molecule has 0 radical (unpaired) electrons. The van der Waals surface area contributed by atoms with Crippen LogP contribution < -0.4 is 5.43 Å². The van der Waals surface area contributed by atoms with Gasteiger partial charge in [0.05, 0.1) is 0 Å². The summed E-state index contributed by atoms with van der Waals surface area (Å²) in [7, 11) is 0. The van der Waals surface area contributed by atoms with E-state index in [2.05, 4.69) is 15.6 Å². The van der Waals surface area contributed by atoms with Crippen molar-refractivity contribution in [1.29, 1.82) is 0 Å². The van der Waals surface area contributed by atoms with E-state index >= 15 is 0 Å². The molecule has 0 atom stereocenters. The van der Waals surface area contributed by atoms with Crippen LogP contribution in [0.3, 0.4) is 0 Å². The summed E-state index contributed by atoms with van der Waals surface area (Å²) in [6.07, 6.45) is 10.3. The van der Waals surface area contributed by atoms with Crippen molar-refractivity contribution in [3.63, 3.8) is 0 Å². The smallest absolute Gasteiger partial charge is 0.138 e. The van der Waals surface area contributed by atoms with E-state index in [0.717, 1.165) is 12.5 Å². The normalized spacial score (nSPS) is 18.8. The topological polar surface area (TPSA) is 42.7 Å². The lowest BCUT2D eigenvalue weighted by Gasteiger charge is -2.21. The van der Waals surface area contributed by atoms with Crippen LogP contribution in [0, 0.1) is 5.92 Å². The van der Waals surface area contributed by atoms with Crippen LogP contribution in [0.4, 0.5) is 0 Å². The minimum atomic E-state index is 0.844. The van der Waals surface area contributed by atoms with Gasteiger partial charge in [-0.05, 0) is 18.8 Å². The molecule has 0 bridgehead atoms. The molecule has 0 unspecified atom stereocenters. The Morgan fingerprint density at radius 2 is 1.85 bits per heavy atom. The van der Waals surface area contributed by atoms with Crippen LogP contribution >= 0.6 is 0 Å². The third-order valence-electron chi connectivity index (χ3n) is 2.71. The van der Waals surface area contributed by atoms with Gasteiger partial charge in [0.25, 0.3) is 0 Å². The van der Waals surface area contributed by atoms with Gasteiger partial charge in [0.2, 0.25) is 0 Å². The molecule has 0 amide bonds. The van der Waals surface area contributed by atoms with E-state index in [0.29, 0.717) is 0 Å². The van der Waals surface area contributed by atoms with E-state index in [1.54, 1.807) is 12.7 Å². The number of nitrogens with zero attached hydrogens (tertiary/aromatic N) is 3. The molecule has 1 N–H and O–H groups in total. The minimum absolute atomic E-state index is 0.844. The number of nitrogens with one attached hydrogen (secondary N) is 1. The van der Waals surface area contributed by atoms with Crippen molar-refractivity contribution in [2.45, 2.75) is 32.1 Å². The van der Waals surface area contributed by atoms with Crippen molar-refractivity contribution >= 4 is 0 Å². The molecular formula is C9H16N4. The second-order valence-corrected chi connectivity index (χ2v) is 3.74. The Balaban J connectivity index is 1.72.